The first kappa shape index (κ1) is 29.7. The van der Waals surface area contributed by atoms with Crippen LogP contribution in [0.4, 0.5) is 0 Å². The molecule has 0 aromatic heterocycles. The number of carbonyl (C=O) groups is 2. The zero-order valence-electron chi connectivity index (χ0n) is 24.3. The van der Waals surface area contributed by atoms with Gasteiger partial charge in [0.2, 0.25) is 0 Å². The number of aryl methyl sites for hydroxylation is 1. The molecular weight excluding hydrogens is 520 g/mol. The smallest absolute Gasteiger partial charge is 0.295 e. The molecule has 0 bridgehead atoms. The Balaban J connectivity index is 1.73. The molecule has 1 aliphatic rings. The average Bonchev–Trinajstić information content (AvgIpc) is 3.25. The number of nitrogens with zero attached hydrogens (tertiary/aromatic N) is 2. The number of benzene rings is 3. The van der Waals surface area contributed by atoms with Gasteiger partial charge in [-0.1, -0.05) is 50.2 Å². The van der Waals surface area contributed by atoms with Gasteiger partial charge in [-0.2, -0.15) is 0 Å². The number of likely N-dealkylation sites (tertiary alicyclic amines) is 1. The molecule has 41 heavy (non-hydrogen) atoms. The van der Waals surface area contributed by atoms with Crippen LogP contribution in [0.2, 0.25) is 0 Å². The summed E-state index contributed by atoms with van der Waals surface area (Å²) in [5.74, 6) is 0.0720. The molecule has 8 nitrogen and oxygen atoms in total. The van der Waals surface area contributed by atoms with Crippen molar-refractivity contribution >= 4 is 17.4 Å². The molecule has 1 N–H and O–H groups in total. The maximum Gasteiger partial charge on any atom is 0.295 e. The Morgan fingerprint density at radius 2 is 1.59 bits per heavy atom. The van der Waals surface area contributed by atoms with E-state index >= 15 is 0 Å². The topological polar surface area (TPSA) is 88.5 Å². The molecule has 1 heterocycles. The van der Waals surface area contributed by atoms with E-state index in [2.05, 4.69) is 18.7 Å². The number of rotatable bonds is 12. The van der Waals surface area contributed by atoms with Crippen LogP contribution in [0.25, 0.3) is 5.76 Å². The highest BCUT2D eigenvalue weighted by atomic mass is 16.5. The zero-order valence-corrected chi connectivity index (χ0v) is 24.3. The van der Waals surface area contributed by atoms with E-state index in [-0.39, 0.29) is 11.3 Å². The number of ether oxygens (including phenoxy) is 3. The Morgan fingerprint density at radius 3 is 2.22 bits per heavy atom. The second-order valence-corrected chi connectivity index (χ2v) is 9.89. The molecule has 1 atom stereocenters. The van der Waals surface area contributed by atoms with E-state index in [0.717, 1.165) is 24.2 Å². The Kier molecular flexibility index (Phi) is 9.68. The van der Waals surface area contributed by atoms with E-state index in [1.807, 2.05) is 37.3 Å². The molecule has 3 aromatic rings. The number of Topliss-reactive ketones (excluding diaryl/α,β-unsaturated/α-hetero) is 1. The lowest BCUT2D eigenvalue weighted by molar-refractivity contribution is -0.140. The lowest BCUT2D eigenvalue weighted by atomic mass is 9.94. The van der Waals surface area contributed by atoms with Gasteiger partial charge in [-0.15, -0.1) is 0 Å². The number of aliphatic hydroxyl groups is 1. The van der Waals surface area contributed by atoms with Gasteiger partial charge >= 0.3 is 0 Å². The lowest BCUT2D eigenvalue weighted by Crippen LogP contribution is -2.38. The minimum Gasteiger partial charge on any atom is -0.507 e. The van der Waals surface area contributed by atoms with E-state index in [9.17, 15) is 14.7 Å². The van der Waals surface area contributed by atoms with Crippen molar-refractivity contribution in [3.8, 4) is 17.2 Å². The zero-order chi connectivity index (χ0) is 29.5. The van der Waals surface area contributed by atoms with Gasteiger partial charge < -0.3 is 29.1 Å². The van der Waals surface area contributed by atoms with Crippen LogP contribution in [-0.2, 0) is 16.2 Å². The number of ketones is 1. The average molecular weight is 559 g/mol. The van der Waals surface area contributed by atoms with E-state index in [0.29, 0.717) is 48.1 Å². The van der Waals surface area contributed by atoms with Gasteiger partial charge in [0, 0.05) is 18.7 Å². The highest BCUT2D eigenvalue weighted by Crippen LogP contribution is 2.42. The molecule has 8 heteroatoms. The molecule has 0 aliphatic carbocycles. The molecule has 1 saturated heterocycles. The van der Waals surface area contributed by atoms with Gasteiger partial charge in [-0.25, -0.2) is 0 Å². The van der Waals surface area contributed by atoms with Gasteiger partial charge in [0.05, 0.1) is 25.8 Å². The molecule has 0 radical (unpaired) electrons. The third-order valence-corrected chi connectivity index (χ3v) is 7.50. The van der Waals surface area contributed by atoms with Crippen LogP contribution in [-0.4, -0.2) is 67.0 Å². The Hall–Kier alpha value is -4.30. The van der Waals surface area contributed by atoms with Crippen LogP contribution in [0.15, 0.2) is 72.3 Å². The van der Waals surface area contributed by atoms with Crippen LogP contribution >= 0.6 is 0 Å². The summed E-state index contributed by atoms with van der Waals surface area (Å²) in [6.07, 6.45) is 0. The fourth-order valence-electron chi connectivity index (χ4n) is 5.12. The third-order valence-electron chi connectivity index (χ3n) is 7.50. The number of hydrogen-bond donors (Lipinski definition) is 1. The number of aliphatic hydroxyl groups excluding tert-OH is 1. The normalized spacial score (nSPS) is 16.3. The van der Waals surface area contributed by atoms with Crippen molar-refractivity contribution in [2.45, 2.75) is 33.4 Å². The van der Waals surface area contributed by atoms with Crippen LogP contribution in [0.3, 0.4) is 0 Å². The van der Waals surface area contributed by atoms with Gasteiger partial charge in [-0.3, -0.25) is 9.59 Å². The summed E-state index contributed by atoms with van der Waals surface area (Å²) in [4.78, 5) is 30.6. The number of carbonyl (C=O) groups excluding carboxylic acids is 2. The monoisotopic (exact) mass is 558 g/mol. The largest absolute Gasteiger partial charge is 0.507 e. The molecule has 3 aromatic carbocycles. The van der Waals surface area contributed by atoms with Gasteiger partial charge in [-0.05, 0) is 67.0 Å². The first-order valence-corrected chi connectivity index (χ1v) is 13.8. The first-order valence-electron chi connectivity index (χ1n) is 13.8. The third kappa shape index (κ3) is 6.38. The Labute approximate surface area is 241 Å². The summed E-state index contributed by atoms with van der Waals surface area (Å²) in [6, 6.07) is 19.6. The molecular formula is C33H38N2O6. The van der Waals surface area contributed by atoms with E-state index in [1.165, 1.54) is 12.0 Å². The lowest BCUT2D eigenvalue weighted by Gasteiger charge is -2.28. The second-order valence-electron chi connectivity index (χ2n) is 9.89. The van der Waals surface area contributed by atoms with Gasteiger partial charge in [0.1, 0.15) is 18.1 Å². The summed E-state index contributed by atoms with van der Waals surface area (Å²) in [6.45, 7) is 8.95. The molecule has 1 aliphatic heterocycles. The van der Waals surface area contributed by atoms with Crippen LogP contribution in [0.1, 0.15) is 42.1 Å². The minimum atomic E-state index is -0.792. The second kappa shape index (κ2) is 13.4. The summed E-state index contributed by atoms with van der Waals surface area (Å²) >= 11 is 0. The summed E-state index contributed by atoms with van der Waals surface area (Å²) in [5.41, 5.74) is 2.95. The fourth-order valence-corrected chi connectivity index (χ4v) is 5.12. The standard InChI is InChI=1S/C33H38N2O6/c1-6-34(7-2)17-18-35-30(24-13-16-27(39-4)28(20-24)40-5)29(32(37)33(35)38)31(36)25-14-15-26(22(3)19-25)41-21-23-11-9-8-10-12-23/h8-16,19-20,30,36H,6-7,17-18,21H2,1-5H3. The van der Waals surface area contributed by atoms with Crippen molar-refractivity contribution < 1.29 is 28.9 Å². The molecule has 1 amide bonds. The van der Waals surface area contributed by atoms with Crippen molar-refractivity contribution in [3.63, 3.8) is 0 Å². The van der Waals surface area contributed by atoms with Crippen molar-refractivity contribution in [2.75, 3.05) is 40.4 Å². The van der Waals surface area contributed by atoms with E-state index < -0.39 is 17.7 Å². The Morgan fingerprint density at radius 1 is 0.902 bits per heavy atom. The minimum absolute atomic E-state index is 0.0409. The quantitative estimate of drug-likeness (QED) is 0.182. The highest BCUT2D eigenvalue weighted by molar-refractivity contribution is 6.46. The summed E-state index contributed by atoms with van der Waals surface area (Å²) < 4.78 is 16.9. The van der Waals surface area contributed by atoms with Crippen LogP contribution in [0, 0.1) is 6.92 Å². The predicted molar refractivity (Wildman–Crippen MR) is 158 cm³/mol. The number of methoxy groups -OCH3 is 2. The van der Waals surface area contributed by atoms with E-state index in [1.54, 1.807) is 43.5 Å². The molecule has 216 valence electrons. The number of likely N-dealkylation sites (N-methyl/N-ethyl adjacent to an activating group) is 1. The van der Waals surface area contributed by atoms with Crippen molar-refractivity contribution in [3.05, 3.63) is 94.6 Å². The van der Waals surface area contributed by atoms with Crippen molar-refractivity contribution in [2.24, 2.45) is 0 Å². The van der Waals surface area contributed by atoms with Crippen LogP contribution in [0.5, 0.6) is 17.2 Å². The molecule has 0 saturated carbocycles. The van der Waals surface area contributed by atoms with Crippen LogP contribution < -0.4 is 14.2 Å². The molecule has 1 fully saturated rings. The first-order chi connectivity index (χ1) is 19.8. The van der Waals surface area contributed by atoms with Crippen molar-refractivity contribution in [1.82, 2.24) is 9.80 Å². The molecule has 1 unspecified atom stereocenters. The fraction of sp³-hybridized carbons (Fsp3) is 0.333. The summed E-state index contributed by atoms with van der Waals surface area (Å²) in [5, 5.41) is 11.6. The molecule has 4 rings (SSSR count). The maximum absolute atomic E-state index is 13.5. The maximum atomic E-state index is 13.5. The SMILES string of the molecule is CCN(CC)CCN1C(=O)C(=O)C(=C(O)c2ccc(OCc3ccccc3)c(C)c2)C1c1ccc(OC)c(OC)c1. The van der Waals surface area contributed by atoms with E-state index in [4.69, 9.17) is 14.2 Å². The molecule has 0 spiro atoms. The Bertz CT molecular complexity index is 1410. The van der Waals surface area contributed by atoms with Crippen molar-refractivity contribution in [1.29, 1.82) is 0 Å². The number of hydrogen-bond acceptors (Lipinski definition) is 7. The van der Waals surface area contributed by atoms with Gasteiger partial charge in [0.25, 0.3) is 11.7 Å². The predicted octanol–water partition coefficient (Wildman–Crippen LogP) is 5.35. The number of amides is 1. The highest BCUT2D eigenvalue weighted by Gasteiger charge is 2.46. The summed E-state index contributed by atoms with van der Waals surface area (Å²) in [7, 11) is 3.08. The van der Waals surface area contributed by atoms with Gasteiger partial charge in [0.15, 0.2) is 11.5 Å².